The predicted octanol–water partition coefficient (Wildman–Crippen LogP) is 9.28. The molecule has 176 valence electrons. The molecule has 0 spiro atoms. The second-order valence-electron chi connectivity index (χ2n) is 8.67. The van der Waals surface area contributed by atoms with Crippen LogP contribution in [0.15, 0.2) is 72.8 Å². The third-order valence-electron chi connectivity index (χ3n) is 6.53. The van der Waals surface area contributed by atoms with Gasteiger partial charge in [-0.05, 0) is 0 Å². The Morgan fingerprint density at radius 1 is 0.500 bits per heavy atom. The molecule has 0 radical (unpaired) electrons. The van der Waals surface area contributed by atoms with Crippen LogP contribution >= 0.6 is 0 Å². The monoisotopic (exact) mass is 526 g/mol. The van der Waals surface area contributed by atoms with Crippen molar-refractivity contribution in [2.24, 2.45) is 0 Å². The van der Waals surface area contributed by atoms with E-state index in [1.54, 1.807) is 0 Å². The van der Waals surface area contributed by atoms with Gasteiger partial charge < -0.3 is 7.43 Å². The topological polar surface area (TPSA) is 0 Å². The normalized spacial score (nSPS) is 9.41. The Morgan fingerprint density at radius 2 is 0.735 bits per heavy atom. The Morgan fingerprint density at radius 3 is 0.912 bits per heavy atom. The Bertz CT molecular complexity index is 1000. The quantitative estimate of drug-likeness (QED) is 0.228. The van der Waals surface area contributed by atoms with Crippen molar-refractivity contribution >= 4 is 5.57 Å². The zero-order valence-corrected chi connectivity index (χ0v) is 25.0. The summed E-state index contributed by atoms with van der Waals surface area (Å²) < 4.78 is 0. The van der Waals surface area contributed by atoms with Crippen molar-refractivity contribution in [3.8, 4) is 0 Å². The van der Waals surface area contributed by atoms with E-state index in [-0.39, 0.29) is 33.6 Å². The van der Waals surface area contributed by atoms with Gasteiger partial charge in [0.2, 0.25) is 0 Å². The van der Waals surface area contributed by atoms with E-state index in [1.165, 1.54) is 44.5 Å². The third kappa shape index (κ3) is 8.52. The number of aryl methyl sites for hydroxylation is 4. The molecule has 0 heterocycles. The molecule has 0 N–H and O–H groups in total. The standard InChI is InChI=1S/C14H11.2C9H13.CH3.Zr/c1-12(13-8-4-2-5-9-13)14-10-6-3-7-11-14;2*1-6-5-7(2)9(4)8(6)3;;/h1-11H;2*5H,1-4H3;1H3;/q4*-1;+4. The fourth-order valence-electron chi connectivity index (χ4n) is 3.67. The second-order valence-corrected chi connectivity index (χ2v) is 8.67. The Kier molecular flexibility index (Phi) is 13.9. The second kappa shape index (κ2) is 14.9. The number of hydrogen-bond acceptors (Lipinski definition) is 0. The first kappa shape index (κ1) is 31.8. The van der Waals surface area contributed by atoms with E-state index in [4.69, 9.17) is 6.58 Å². The maximum atomic E-state index is 6.03. The molecule has 1 heteroatoms. The number of benzene rings is 2. The molecular weight excluding hydrogens is 488 g/mol. The molecule has 0 saturated carbocycles. The van der Waals surface area contributed by atoms with Crippen LogP contribution in [0.5, 0.6) is 0 Å². The van der Waals surface area contributed by atoms with Gasteiger partial charge in [-0.1, -0.05) is 91.8 Å². The average molecular weight is 528 g/mol. The van der Waals surface area contributed by atoms with Crippen molar-refractivity contribution in [2.75, 3.05) is 0 Å². The molecule has 4 aromatic carbocycles. The van der Waals surface area contributed by atoms with E-state index in [0.29, 0.717) is 0 Å². The summed E-state index contributed by atoms with van der Waals surface area (Å²) in [5.74, 6) is 0. The summed E-state index contributed by atoms with van der Waals surface area (Å²) in [6.45, 7) is 23.4. The van der Waals surface area contributed by atoms with Gasteiger partial charge in [-0.25, -0.2) is 6.58 Å². The minimum absolute atomic E-state index is 0. The van der Waals surface area contributed by atoms with Crippen LogP contribution in [-0.4, -0.2) is 0 Å². The van der Waals surface area contributed by atoms with Crippen LogP contribution in [0.1, 0.15) is 55.6 Å². The smallest absolute Gasteiger partial charge is 0.358 e. The molecule has 0 aliphatic rings. The molecule has 0 aliphatic heterocycles. The molecular formula is C33H40Zr. The summed E-state index contributed by atoms with van der Waals surface area (Å²) in [6.07, 6.45) is 0. The van der Waals surface area contributed by atoms with Crippen molar-refractivity contribution in [3.05, 3.63) is 142 Å². The van der Waals surface area contributed by atoms with Crippen molar-refractivity contribution in [2.45, 2.75) is 55.4 Å². The van der Waals surface area contributed by atoms with Crippen molar-refractivity contribution < 1.29 is 26.2 Å². The zero-order valence-electron chi connectivity index (χ0n) is 22.5. The summed E-state index contributed by atoms with van der Waals surface area (Å²) in [4.78, 5) is 0. The van der Waals surface area contributed by atoms with Gasteiger partial charge in [-0.15, -0.1) is 35.4 Å². The van der Waals surface area contributed by atoms with Gasteiger partial charge in [0.1, 0.15) is 0 Å². The van der Waals surface area contributed by atoms with E-state index >= 15 is 0 Å². The predicted molar refractivity (Wildman–Crippen MR) is 148 cm³/mol. The van der Waals surface area contributed by atoms with E-state index in [0.717, 1.165) is 16.7 Å². The minimum Gasteiger partial charge on any atom is -0.358 e. The Balaban J connectivity index is 0.000000485. The maximum absolute atomic E-state index is 6.03. The summed E-state index contributed by atoms with van der Waals surface area (Å²) in [5, 5.41) is 0. The zero-order chi connectivity index (χ0) is 23.8. The fourth-order valence-corrected chi connectivity index (χ4v) is 3.67. The van der Waals surface area contributed by atoms with Crippen molar-refractivity contribution in [3.63, 3.8) is 0 Å². The molecule has 0 aromatic heterocycles. The van der Waals surface area contributed by atoms with Crippen LogP contribution in [0.25, 0.3) is 5.57 Å². The average Bonchev–Trinajstić information content (AvgIpc) is 3.17. The molecule has 0 atom stereocenters. The largest absolute Gasteiger partial charge is 4.00 e. The van der Waals surface area contributed by atoms with Gasteiger partial charge >= 0.3 is 26.2 Å². The van der Waals surface area contributed by atoms with Crippen LogP contribution in [0.4, 0.5) is 0 Å². The number of rotatable bonds is 2. The summed E-state index contributed by atoms with van der Waals surface area (Å²) in [7, 11) is 0. The van der Waals surface area contributed by atoms with Gasteiger partial charge in [0.25, 0.3) is 0 Å². The van der Waals surface area contributed by atoms with Crippen LogP contribution in [0.2, 0.25) is 0 Å². The fraction of sp³-hybridized carbons (Fsp3) is 0.242. The molecule has 4 aromatic rings. The minimum atomic E-state index is 0. The Labute approximate surface area is 228 Å². The third-order valence-corrected chi connectivity index (χ3v) is 6.53. The van der Waals surface area contributed by atoms with Crippen LogP contribution in [0.3, 0.4) is 0 Å². The summed E-state index contributed by atoms with van der Waals surface area (Å²) in [5.41, 5.74) is 14.5. The molecule has 0 unspecified atom stereocenters. The Hall–Kier alpha value is -2.24. The molecule has 0 amide bonds. The van der Waals surface area contributed by atoms with E-state index < -0.39 is 0 Å². The van der Waals surface area contributed by atoms with Gasteiger partial charge in [0, 0.05) is 0 Å². The SMILES string of the molecule is Cc1[cH-]c(C)c(C)c1C.Cc1[cH-]c(C)c(C)c1C.[CH-]=C(c1ccccc1)c1ccccc1.[CH3-].[Zr+4]. The van der Waals surface area contributed by atoms with Crippen molar-refractivity contribution in [1.29, 1.82) is 0 Å². The first-order valence-corrected chi connectivity index (χ1v) is 11.3. The van der Waals surface area contributed by atoms with E-state index in [9.17, 15) is 0 Å². The first-order chi connectivity index (χ1) is 15.1. The van der Waals surface area contributed by atoms with Gasteiger partial charge in [0.15, 0.2) is 0 Å². The molecule has 0 saturated heterocycles. The van der Waals surface area contributed by atoms with Crippen LogP contribution in [0, 0.1) is 69.4 Å². The van der Waals surface area contributed by atoms with E-state index in [1.807, 2.05) is 60.7 Å². The van der Waals surface area contributed by atoms with Gasteiger partial charge in [0.05, 0.1) is 0 Å². The molecule has 4 rings (SSSR count). The molecule has 0 bridgehead atoms. The molecule has 34 heavy (non-hydrogen) atoms. The van der Waals surface area contributed by atoms with Gasteiger partial charge in [-0.3, -0.25) is 0 Å². The molecule has 0 fully saturated rings. The van der Waals surface area contributed by atoms with Gasteiger partial charge in [-0.2, -0.15) is 62.2 Å². The summed E-state index contributed by atoms with van der Waals surface area (Å²) >= 11 is 0. The molecule has 0 aliphatic carbocycles. The maximum Gasteiger partial charge on any atom is 4.00 e. The first-order valence-electron chi connectivity index (χ1n) is 11.3. The molecule has 0 nitrogen and oxygen atoms in total. The van der Waals surface area contributed by atoms with Crippen LogP contribution < -0.4 is 0 Å². The summed E-state index contributed by atoms with van der Waals surface area (Å²) in [6, 6.07) is 24.5. The number of hydrogen-bond donors (Lipinski definition) is 0. The van der Waals surface area contributed by atoms with E-state index in [2.05, 4.69) is 67.5 Å². The van der Waals surface area contributed by atoms with Crippen LogP contribution in [-0.2, 0) is 26.2 Å². The van der Waals surface area contributed by atoms with Crippen molar-refractivity contribution in [1.82, 2.24) is 0 Å².